The van der Waals surface area contributed by atoms with Crippen molar-refractivity contribution in [2.45, 2.75) is 45.3 Å². The standard InChI is InChI=1S/C15H20N4O6/c1-15(2,3)14(23)24-4-7-9(20)10(21)13(25-7)19-6-18-8-11(19)16-5-17-12(8)22/h5-7,9-10,13,20-21H,4H2,1-3H3,(H,16,17,22)/t7-,9-,10-,13-/m0/s1. The highest BCUT2D eigenvalue weighted by Gasteiger charge is 2.45. The number of nitrogens with one attached hydrogen (secondary N) is 1. The number of rotatable bonds is 3. The van der Waals surface area contributed by atoms with E-state index in [4.69, 9.17) is 9.47 Å². The quantitative estimate of drug-likeness (QED) is 0.618. The van der Waals surface area contributed by atoms with Crippen LogP contribution < -0.4 is 5.56 Å². The summed E-state index contributed by atoms with van der Waals surface area (Å²) >= 11 is 0. The van der Waals surface area contributed by atoms with Gasteiger partial charge in [-0.1, -0.05) is 0 Å². The van der Waals surface area contributed by atoms with Gasteiger partial charge >= 0.3 is 5.97 Å². The number of H-pyrrole nitrogens is 1. The summed E-state index contributed by atoms with van der Waals surface area (Å²) in [4.78, 5) is 33.9. The topological polar surface area (TPSA) is 140 Å². The molecule has 3 N–H and O–H groups in total. The predicted octanol–water partition coefficient (Wildman–Crippen LogP) is -0.672. The molecule has 0 radical (unpaired) electrons. The van der Waals surface area contributed by atoms with E-state index in [9.17, 15) is 19.8 Å². The maximum absolute atomic E-state index is 11.8. The van der Waals surface area contributed by atoms with Crippen LogP contribution in [0, 0.1) is 5.41 Å². The number of aliphatic hydroxyl groups is 2. The third-order valence-corrected chi connectivity index (χ3v) is 3.97. The normalized spacial score (nSPS) is 26.9. The van der Waals surface area contributed by atoms with Gasteiger partial charge in [-0.05, 0) is 20.8 Å². The Morgan fingerprint density at radius 3 is 2.76 bits per heavy atom. The van der Waals surface area contributed by atoms with Crippen LogP contribution in [0.15, 0.2) is 17.4 Å². The number of carbonyl (C=O) groups excluding carboxylic acids is 1. The molecule has 2 aromatic heterocycles. The lowest BCUT2D eigenvalue weighted by Crippen LogP contribution is -2.35. The third-order valence-electron chi connectivity index (χ3n) is 3.97. The fourth-order valence-corrected chi connectivity index (χ4v) is 2.52. The van der Waals surface area contributed by atoms with Gasteiger partial charge in [0.25, 0.3) is 5.56 Å². The van der Waals surface area contributed by atoms with Crippen molar-refractivity contribution < 1.29 is 24.5 Å². The van der Waals surface area contributed by atoms with E-state index in [-0.39, 0.29) is 17.8 Å². The summed E-state index contributed by atoms with van der Waals surface area (Å²) in [7, 11) is 0. The van der Waals surface area contributed by atoms with Gasteiger partial charge in [0.2, 0.25) is 0 Å². The van der Waals surface area contributed by atoms with E-state index in [1.54, 1.807) is 20.8 Å². The molecule has 10 nitrogen and oxygen atoms in total. The first-order valence-electron chi connectivity index (χ1n) is 7.79. The van der Waals surface area contributed by atoms with Gasteiger partial charge in [-0.25, -0.2) is 9.97 Å². The lowest BCUT2D eigenvalue weighted by atomic mass is 9.97. The highest BCUT2D eigenvalue weighted by atomic mass is 16.6. The van der Waals surface area contributed by atoms with E-state index in [1.165, 1.54) is 17.2 Å². The monoisotopic (exact) mass is 352 g/mol. The zero-order chi connectivity index (χ0) is 18.4. The van der Waals surface area contributed by atoms with E-state index < -0.39 is 41.5 Å². The molecule has 3 rings (SSSR count). The number of hydrogen-bond donors (Lipinski definition) is 3. The van der Waals surface area contributed by atoms with E-state index in [1.807, 2.05) is 0 Å². The summed E-state index contributed by atoms with van der Waals surface area (Å²) in [5.41, 5.74) is -0.803. The minimum Gasteiger partial charge on any atom is -0.462 e. The van der Waals surface area contributed by atoms with Crippen LogP contribution >= 0.6 is 0 Å². The Morgan fingerprint density at radius 2 is 2.08 bits per heavy atom. The van der Waals surface area contributed by atoms with Crippen LogP contribution in [0.1, 0.15) is 27.0 Å². The van der Waals surface area contributed by atoms with Gasteiger partial charge in [0.1, 0.15) is 24.9 Å². The first kappa shape index (κ1) is 17.5. The molecule has 1 aliphatic heterocycles. The molecule has 0 saturated carbocycles. The second kappa shape index (κ2) is 6.21. The first-order valence-corrected chi connectivity index (χ1v) is 7.79. The first-order chi connectivity index (χ1) is 11.7. The molecule has 0 bridgehead atoms. The van der Waals surface area contributed by atoms with Crippen LogP contribution in [-0.4, -0.2) is 60.6 Å². The molecule has 1 fully saturated rings. The maximum Gasteiger partial charge on any atom is 0.311 e. The molecule has 4 atom stereocenters. The molecule has 1 saturated heterocycles. The lowest BCUT2D eigenvalue weighted by molar-refractivity contribution is -0.159. The van der Waals surface area contributed by atoms with Crippen molar-refractivity contribution in [1.82, 2.24) is 19.5 Å². The van der Waals surface area contributed by atoms with Gasteiger partial charge in [-0.2, -0.15) is 0 Å². The molecular weight excluding hydrogens is 332 g/mol. The Kier molecular flexibility index (Phi) is 4.35. The minimum atomic E-state index is -1.29. The summed E-state index contributed by atoms with van der Waals surface area (Å²) in [6.45, 7) is 4.92. The number of imidazole rings is 1. The van der Waals surface area contributed by atoms with Crippen LogP contribution in [-0.2, 0) is 14.3 Å². The van der Waals surface area contributed by atoms with E-state index in [0.717, 1.165) is 0 Å². The molecule has 0 amide bonds. The molecule has 2 aromatic rings. The number of aliphatic hydroxyl groups excluding tert-OH is 2. The van der Waals surface area contributed by atoms with Crippen LogP contribution in [0.2, 0.25) is 0 Å². The molecule has 0 unspecified atom stereocenters. The molecule has 0 aromatic carbocycles. The molecule has 10 heteroatoms. The fourth-order valence-electron chi connectivity index (χ4n) is 2.52. The fraction of sp³-hybridized carbons (Fsp3) is 0.600. The minimum absolute atomic E-state index is 0.0930. The molecule has 3 heterocycles. The van der Waals surface area contributed by atoms with Crippen molar-refractivity contribution in [1.29, 1.82) is 0 Å². The molecule has 0 aliphatic carbocycles. The van der Waals surface area contributed by atoms with Gasteiger partial charge < -0.3 is 24.7 Å². The Morgan fingerprint density at radius 1 is 1.36 bits per heavy atom. The SMILES string of the molecule is CC(C)(C)C(=O)OC[C@@H]1O[C@H](n2cnc3c(=O)[nH]cnc32)[C@@H](O)[C@H]1O. The van der Waals surface area contributed by atoms with E-state index in [0.29, 0.717) is 0 Å². The molecule has 25 heavy (non-hydrogen) atoms. The number of esters is 1. The second-order valence-corrected chi connectivity index (χ2v) is 6.95. The Balaban J connectivity index is 1.79. The van der Waals surface area contributed by atoms with Crippen molar-refractivity contribution in [3.05, 3.63) is 23.0 Å². The Bertz CT molecular complexity index is 838. The van der Waals surface area contributed by atoms with Gasteiger partial charge in [0.15, 0.2) is 17.4 Å². The maximum atomic E-state index is 11.8. The number of fused-ring (bicyclic) bond motifs is 1. The van der Waals surface area contributed by atoms with Crippen LogP contribution in [0.25, 0.3) is 11.2 Å². The van der Waals surface area contributed by atoms with Crippen LogP contribution in [0.3, 0.4) is 0 Å². The number of aromatic nitrogens is 4. The summed E-state index contributed by atoms with van der Waals surface area (Å²) in [6, 6.07) is 0. The number of ether oxygens (including phenoxy) is 2. The molecule has 1 aliphatic rings. The second-order valence-electron chi connectivity index (χ2n) is 6.95. The lowest BCUT2D eigenvalue weighted by Gasteiger charge is -2.20. The zero-order valence-electron chi connectivity index (χ0n) is 14.0. The van der Waals surface area contributed by atoms with Crippen molar-refractivity contribution in [3.8, 4) is 0 Å². The summed E-state index contributed by atoms with van der Waals surface area (Å²) in [6.07, 6.45) is -1.97. The Hall–Kier alpha value is -2.30. The van der Waals surface area contributed by atoms with Crippen molar-refractivity contribution in [2.24, 2.45) is 5.41 Å². The van der Waals surface area contributed by atoms with Gasteiger partial charge in [0.05, 0.1) is 18.1 Å². The highest BCUT2D eigenvalue weighted by molar-refractivity contribution is 5.75. The van der Waals surface area contributed by atoms with Crippen molar-refractivity contribution in [2.75, 3.05) is 6.61 Å². The summed E-state index contributed by atoms with van der Waals surface area (Å²) in [5.74, 6) is -0.442. The van der Waals surface area contributed by atoms with Crippen molar-refractivity contribution in [3.63, 3.8) is 0 Å². The average Bonchev–Trinajstić information content (AvgIpc) is 3.08. The average molecular weight is 352 g/mol. The van der Waals surface area contributed by atoms with E-state index >= 15 is 0 Å². The largest absolute Gasteiger partial charge is 0.462 e. The van der Waals surface area contributed by atoms with Crippen LogP contribution in [0.5, 0.6) is 0 Å². The predicted molar refractivity (Wildman–Crippen MR) is 84.5 cm³/mol. The molecule has 0 spiro atoms. The Labute approximate surface area is 142 Å². The summed E-state index contributed by atoms with van der Waals surface area (Å²) < 4.78 is 12.2. The number of carbonyl (C=O) groups is 1. The number of nitrogens with zero attached hydrogens (tertiary/aromatic N) is 3. The third kappa shape index (κ3) is 3.15. The molecule has 136 valence electrons. The smallest absolute Gasteiger partial charge is 0.311 e. The summed E-state index contributed by atoms with van der Waals surface area (Å²) in [5, 5.41) is 20.5. The molecular formula is C15H20N4O6. The van der Waals surface area contributed by atoms with Gasteiger partial charge in [-0.15, -0.1) is 0 Å². The zero-order valence-corrected chi connectivity index (χ0v) is 14.0. The number of hydrogen-bond acceptors (Lipinski definition) is 8. The van der Waals surface area contributed by atoms with Crippen molar-refractivity contribution >= 4 is 17.1 Å². The number of aromatic amines is 1. The van der Waals surface area contributed by atoms with Gasteiger partial charge in [-0.3, -0.25) is 14.2 Å². The van der Waals surface area contributed by atoms with Gasteiger partial charge in [0, 0.05) is 0 Å². The van der Waals surface area contributed by atoms with Crippen LogP contribution in [0.4, 0.5) is 0 Å². The van der Waals surface area contributed by atoms with E-state index in [2.05, 4.69) is 15.0 Å². The highest BCUT2D eigenvalue weighted by Crippen LogP contribution is 2.31.